The maximum absolute atomic E-state index is 11.9. The molecule has 0 aliphatic carbocycles. The number of halogens is 1. The number of hydrogen-bond donors (Lipinski definition) is 1. The first-order valence-corrected chi connectivity index (χ1v) is 5.74. The van der Waals surface area contributed by atoms with Crippen molar-refractivity contribution in [1.29, 1.82) is 0 Å². The van der Waals surface area contributed by atoms with Gasteiger partial charge < -0.3 is 14.7 Å². The number of phenols is 1. The lowest BCUT2D eigenvalue weighted by molar-refractivity contribution is -0.139. The van der Waals surface area contributed by atoms with Gasteiger partial charge in [0.05, 0.1) is 19.2 Å². The van der Waals surface area contributed by atoms with E-state index in [1.807, 2.05) is 0 Å². The number of carbonyl (C=O) groups excluding carboxylic acids is 1. The summed E-state index contributed by atoms with van der Waals surface area (Å²) in [6.45, 7) is -0.797. The Hall–Kier alpha value is -2.11. The topological polar surface area (TPSA) is 68.1 Å². The molecule has 1 N–H and O–H groups in total. The van der Waals surface area contributed by atoms with Gasteiger partial charge in [0.2, 0.25) is 0 Å². The van der Waals surface area contributed by atoms with Crippen LogP contribution in [0.2, 0.25) is 0 Å². The van der Waals surface area contributed by atoms with Crippen LogP contribution in [0, 0.1) is 0 Å². The monoisotopic (exact) mass is 269 g/mol. The third kappa shape index (κ3) is 5.85. The van der Waals surface area contributed by atoms with Crippen LogP contribution in [-0.2, 0) is 20.8 Å². The Labute approximate surface area is 110 Å². The van der Waals surface area contributed by atoms with E-state index in [9.17, 15) is 14.3 Å². The van der Waals surface area contributed by atoms with Gasteiger partial charge in [0.1, 0.15) is 19.0 Å². The van der Waals surface area contributed by atoms with Gasteiger partial charge in [-0.05, 0) is 17.7 Å². The SMILES string of the molecule is COC(=O)C/C(Cc1ccc(O)cc1)=N/OCCF. The van der Waals surface area contributed by atoms with E-state index in [0.717, 1.165) is 5.56 Å². The van der Waals surface area contributed by atoms with Crippen molar-refractivity contribution < 1.29 is 23.9 Å². The van der Waals surface area contributed by atoms with Crippen molar-refractivity contribution in [2.75, 3.05) is 20.4 Å². The predicted octanol–water partition coefficient (Wildman–Crippen LogP) is 1.84. The zero-order valence-electron chi connectivity index (χ0n) is 10.6. The summed E-state index contributed by atoms with van der Waals surface area (Å²) in [5, 5.41) is 12.9. The molecule has 0 saturated carbocycles. The van der Waals surface area contributed by atoms with Crippen molar-refractivity contribution in [2.24, 2.45) is 5.16 Å². The van der Waals surface area contributed by atoms with Crippen LogP contribution < -0.4 is 0 Å². The summed E-state index contributed by atoms with van der Waals surface area (Å²) in [7, 11) is 1.28. The fourth-order valence-corrected chi connectivity index (χ4v) is 1.39. The molecule has 0 fully saturated rings. The van der Waals surface area contributed by atoms with Crippen molar-refractivity contribution in [3.8, 4) is 5.75 Å². The number of hydrogen-bond acceptors (Lipinski definition) is 5. The minimum atomic E-state index is -0.645. The maximum atomic E-state index is 11.9. The molecule has 6 heteroatoms. The number of carbonyl (C=O) groups is 1. The lowest BCUT2D eigenvalue weighted by Crippen LogP contribution is -2.13. The summed E-state index contributed by atoms with van der Waals surface area (Å²) in [5.74, 6) is -0.287. The molecule has 104 valence electrons. The Bertz CT molecular complexity index is 431. The highest BCUT2D eigenvalue weighted by atomic mass is 19.1. The number of alkyl halides is 1. The first-order valence-electron chi connectivity index (χ1n) is 5.74. The van der Waals surface area contributed by atoms with Gasteiger partial charge in [0.15, 0.2) is 0 Å². The molecule has 1 rings (SSSR count). The largest absolute Gasteiger partial charge is 0.508 e. The lowest BCUT2D eigenvalue weighted by Gasteiger charge is -2.06. The van der Waals surface area contributed by atoms with Crippen molar-refractivity contribution in [2.45, 2.75) is 12.8 Å². The van der Waals surface area contributed by atoms with Crippen molar-refractivity contribution in [3.05, 3.63) is 29.8 Å². The summed E-state index contributed by atoms with van der Waals surface area (Å²) in [5.41, 5.74) is 1.29. The molecule has 0 saturated heterocycles. The van der Waals surface area contributed by atoms with Crippen LogP contribution in [0.3, 0.4) is 0 Å². The Balaban J connectivity index is 2.69. The van der Waals surface area contributed by atoms with Crippen LogP contribution in [-0.4, -0.2) is 37.2 Å². The smallest absolute Gasteiger partial charge is 0.311 e. The van der Waals surface area contributed by atoms with E-state index in [-0.39, 0.29) is 18.8 Å². The molecule has 1 aromatic carbocycles. The summed E-state index contributed by atoms with van der Waals surface area (Å²) in [4.78, 5) is 16.0. The second kappa shape index (κ2) is 8.07. The Morgan fingerprint density at radius 3 is 2.63 bits per heavy atom. The van der Waals surface area contributed by atoms with Gasteiger partial charge in [-0.25, -0.2) is 4.39 Å². The predicted molar refractivity (Wildman–Crippen MR) is 67.8 cm³/mol. The van der Waals surface area contributed by atoms with Gasteiger partial charge in [0, 0.05) is 6.42 Å². The number of nitrogens with zero attached hydrogens (tertiary/aromatic N) is 1. The number of esters is 1. The van der Waals surface area contributed by atoms with Crippen molar-refractivity contribution in [3.63, 3.8) is 0 Å². The van der Waals surface area contributed by atoms with Crippen molar-refractivity contribution >= 4 is 11.7 Å². The van der Waals surface area contributed by atoms with Gasteiger partial charge in [-0.15, -0.1) is 0 Å². The van der Waals surface area contributed by atoms with E-state index in [1.54, 1.807) is 12.1 Å². The lowest BCUT2D eigenvalue weighted by atomic mass is 10.1. The molecular weight excluding hydrogens is 253 g/mol. The summed E-state index contributed by atoms with van der Waals surface area (Å²) in [6, 6.07) is 6.48. The molecule has 0 spiro atoms. The Morgan fingerprint density at radius 1 is 1.37 bits per heavy atom. The zero-order chi connectivity index (χ0) is 14.1. The van der Waals surface area contributed by atoms with Gasteiger partial charge in [-0.1, -0.05) is 17.3 Å². The second-order valence-corrected chi connectivity index (χ2v) is 3.78. The highest BCUT2D eigenvalue weighted by Gasteiger charge is 2.10. The zero-order valence-corrected chi connectivity index (χ0v) is 10.6. The molecule has 0 radical (unpaired) electrons. The number of methoxy groups -OCH3 is 1. The number of ether oxygens (including phenoxy) is 1. The van der Waals surface area contributed by atoms with Crippen molar-refractivity contribution in [1.82, 2.24) is 0 Å². The molecule has 5 nitrogen and oxygen atoms in total. The maximum Gasteiger partial charge on any atom is 0.311 e. The average molecular weight is 269 g/mol. The first-order chi connectivity index (χ1) is 9.15. The fraction of sp³-hybridized carbons (Fsp3) is 0.385. The van der Waals surface area contributed by atoms with Crippen LogP contribution in [0.5, 0.6) is 5.75 Å². The molecule has 0 aromatic heterocycles. The minimum absolute atomic E-state index is 0.0241. The van der Waals surface area contributed by atoms with E-state index in [0.29, 0.717) is 12.1 Å². The number of rotatable bonds is 7. The number of aromatic hydroxyl groups is 1. The second-order valence-electron chi connectivity index (χ2n) is 3.78. The molecule has 1 aromatic rings. The standard InChI is InChI=1S/C13H16FNO4/c1-18-13(17)9-11(15-19-7-6-14)8-10-2-4-12(16)5-3-10/h2-5,16H,6-9H2,1H3/b15-11+. The van der Waals surface area contributed by atoms with E-state index in [1.165, 1.54) is 19.2 Å². The van der Waals surface area contributed by atoms with Gasteiger partial charge in [-0.2, -0.15) is 0 Å². The van der Waals surface area contributed by atoms with Gasteiger partial charge in [-0.3, -0.25) is 4.79 Å². The summed E-state index contributed by atoms with van der Waals surface area (Å²) < 4.78 is 16.5. The molecule has 0 aliphatic heterocycles. The highest BCUT2D eigenvalue weighted by Crippen LogP contribution is 2.11. The first kappa shape index (κ1) is 14.9. The highest BCUT2D eigenvalue weighted by molar-refractivity contribution is 5.99. The van der Waals surface area contributed by atoms with E-state index in [2.05, 4.69) is 9.89 Å². The van der Waals surface area contributed by atoms with Crippen LogP contribution in [0.15, 0.2) is 29.4 Å². The molecule has 0 bridgehead atoms. The van der Waals surface area contributed by atoms with Gasteiger partial charge >= 0.3 is 5.97 Å². The normalized spacial score (nSPS) is 11.2. The summed E-state index contributed by atoms with van der Waals surface area (Å²) >= 11 is 0. The fourth-order valence-electron chi connectivity index (χ4n) is 1.39. The molecule has 0 amide bonds. The molecule has 0 aliphatic rings. The van der Waals surface area contributed by atoms with E-state index in [4.69, 9.17) is 4.84 Å². The minimum Gasteiger partial charge on any atom is -0.508 e. The van der Waals surface area contributed by atoms with E-state index >= 15 is 0 Å². The molecule has 0 unspecified atom stereocenters. The Kier molecular flexibility index (Phi) is 6.35. The molecular formula is C13H16FNO4. The van der Waals surface area contributed by atoms with Crippen LogP contribution in [0.25, 0.3) is 0 Å². The molecule has 0 atom stereocenters. The number of phenolic OH excluding ortho intramolecular Hbond substituents is 1. The molecule has 19 heavy (non-hydrogen) atoms. The van der Waals surface area contributed by atoms with E-state index < -0.39 is 12.6 Å². The van der Waals surface area contributed by atoms with Crippen LogP contribution in [0.1, 0.15) is 12.0 Å². The van der Waals surface area contributed by atoms with Crippen LogP contribution in [0.4, 0.5) is 4.39 Å². The molecule has 0 heterocycles. The summed E-state index contributed by atoms with van der Waals surface area (Å²) in [6.07, 6.45) is 0.339. The number of oxime groups is 1. The van der Waals surface area contributed by atoms with Gasteiger partial charge in [0.25, 0.3) is 0 Å². The number of benzene rings is 1. The Morgan fingerprint density at radius 2 is 2.05 bits per heavy atom. The quantitative estimate of drug-likeness (QED) is 0.355. The third-order valence-electron chi connectivity index (χ3n) is 2.28. The average Bonchev–Trinajstić information content (AvgIpc) is 2.41. The van der Waals surface area contributed by atoms with Crippen LogP contribution >= 0.6 is 0 Å². The third-order valence-corrected chi connectivity index (χ3v) is 2.28.